The number of rotatable bonds is 5. The van der Waals surface area contributed by atoms with E-state index in [1.54, 1.807) is 13.0 Å². The van der Waals surface area contributed by atoms with Crippen molar-refractivity contribution >= 4 is 5.91 Å². The summed E-state index contributed by atoms with van der Waals surface area (Å²) in [5.41, 5.74) is 2.35. The van der Waals surface area contributed by atoms with Crippen LogP contribution in [-0.2, 0) is 13.0 Å². The van der Waals surface area contributed by atoms with Crippen LogP contribution in [0.25, 0.3) is 0 Å². The molecule has 0 saturated heterocycles. The van der Waals surface area contributed by atoms with Crippen LogP contribution in [-0.4, -0.2) is 23.6 Å². The van der Waals surface area contributed by atoms with Crippen LogP contribution in [0.1, 0.15) is 41.0 Å². The maximum absolute atomic E-state index is 12.3. The number of carbonyl (C=O) groups excluding carboxylic acids is 1. The number of aromatic amines is 1. The van der Waals surface area contributed by atoms with Crippen LogP contribution in [0, 0.1) is 6.92 Å². The van der Waals surface area contributed by atoms with E-state index in [9.17, 15) is 9.59 Å². The minimum atomic E-state index is -0.418. The van der Waals surface area contributed by atoms with Gasteiger partial charge >= 0.3 is 0 Å². The highest BCUT2D eigenvalue weighted by Gasteiger charge is 2.22. The number of aryl methyl sites for hydroxylation is 1. The predicted octanol–water partition coefficient (Wildman–Crippen LogP) is 2.34. The Balaban J connectivity index is 1.79. The number of benzene rings is 1. The molecule has 1 atom stereocenters. The van der Waals surface area contributed by atoms with Crippen LogP contribution >= 0.6 is 0 Å². The molecule has 2 N–H and O–H groups in total. The molecular weight excluding hydrogens is 320 g/mol. The van der Waals surface area contributed by atoms with Gasteiger partial charge in [-0.2, -0.15) is 0 Å². The van der Waals surface area contributed by atoms with Crippen LogP contribution in [0.5, 0.6) is 11.5 Å². The van der Waals surface area contributed by atoms with Crippen LogP contribution in [0.3, 0.4) is 0 Å². The Morgan fingerprint density at radius 2 is 2.20 bits per heavy atom. The fraction of sp³-hybridized carbons (Fsp3) is 0.368. The van der Waals surface area contributed by atoms with Crippen molar-refractivity contribution in [3.8, 4) is 11.5 Å². The molecule has 0 bridgehead atoms. The monoisotopic (exact) mass is 342 g/mol. The normalized spacial score (nSPS) is 15.4. The highest BCUT2D eigenvalue weighted by Crippen LogP contribution is 2.35. The predicted molar refractivity (Wildman–Crippen MR) is 94.4 cm³/mol. The molecule has 25 heavy (non-hydrogen) atoms. The van der Waals surface area contributed by atoms with Gasteiger partial charge in [0.25, 0.3) is 11.5 Å². The van der Waals surface area contributed by atoms with Gasteiger partial charge in [0.1, 0.15) is 23.2 Å². The lowest BCUT2D eigenvalue weighted by Gasteiger charge is -2.13. The molecule has 0 unspecified atom stereocenters. The zero-order chi connectivity index (χ0) is 18.0. The molecular formula is C19H22N2O4. The first-order chi connectivity index (χ1) is 12.0. The largest absolute Gasteiger partial charge is 0.494 e. The van der Waals surface area contributed by atoms with Crippen LogP contribution in [0.15, 0.2) is 29.1 Å². The summed E-state index contributed by atoms with van der Waals surface area (Å²) < 4.78 is 11.5. The molecule has 132 valence electrons. The fourth-order valence-electron chi connectivity index (χ4n) is 2.93. The summed E-state index contributed by atoms with van der Waals surface area (Å²) in [6, 6.07) is 7.11. The maximum atomic E-state index is 12.3. The van der Waals surface area contributed by atoms with Crippen LogP contribution < -0.4 is 20.3 Å². The summed E-state index contributed by atoms with van der Waals surface area (Å²) in [5, 5.41) is 2.78. The summed E-state index contributed by atoms with van der Waals surface area (Å²) in [7, 11) is 0. The number of fused-ring (bicyclic) bond motifs is 1. The first-order valence-electron chi connectivity index (χ1n) is 8.41. The number of nitrogens with one attached hydrogen (secondary N) is 2. The second-order valence-electron chi connectivity index (χ2n) is 6.20. The Hall–Kier alpha value is -2.76. The van der Waals surface area contributed by atoms with E-state index in [2.05, 4.69) is 10.3 Å². The van der Waals surface area contributed by atoms with Crippen molar-refractivity contribution in [1.82, 2.24) is 10.3 Å². The van der Waals surface area contributed by atoms with Gasteiger partial charge in [-0.1, -0.05) is 0 Å². The van der Waals surface area contributed by atoms with Crippen molar-refractivity contribution in [2.75, 3.05) is 6.61 Å². The third-order valence-corrected chi connectivity index (χ3v) is 4.12. The fourth-order valence-corrected chi connectivity index (χ4v) is 2.93. The number of H-pyrrole nitrogens is 1. The summed E-state index contributed by atoms with van der Waals surface area (Å²) in [4.78, 5) is 26.8. The van der Waals surface area contributed by atoms with E-state index in [1.807, 2.05) is 26.0 Å². The van der Waals surface area contributed by atoms with Gasteiger partial charge < -0.3 is 19.8 Å². The molecule has 1 aliphatic heterocycles. The van der Waals surface area contributed by atoms with Crippen molar-refractivity contribution < 1.29 is 14.3 Å². The Bertz CT molecular complexity index is 857. The van der Waals surface area contributed by atoms with Gasteiger partial charge in [0.2, 0.25) is 0 Å². The second kappa shape index (κ2) is 7.01. The number of hydrogen-bond donors (Lipinski definition) is 2. The van der Waals surface area contributed by atoms with E-state index in [4.69, 9.17) is 9.47 Å². The van der Waals surface area contributed by atoms with Crippen molar-refractivity contribution in [3.63, 3.8) is 0 Å². The molecule has 0 spiro atoms. The molecule has 2 heterocycles. The number of aromatic nitrogens is 1. The zero-order valence-electron chi connectivity index (χ0n) is 14.6. The third-order valence-electron chi connectivity index (χ3n) is 4.12. The Morgan fingerprint density at radius 1 is 1.40 bits per heavy atom. The third kappa shape index (κ3) is 3.68. The number of pyridine rings is 1. The minimum absolute atomic E-state index is 0.0922. The number of ether oxygens (including phenoxy) is 2. The molecule has 1 amide bonds. The molecule has 2 aromatic rings. The molecule has 1 aromatic carbocycles. The summed E-state index contributed by atoms with van der Waals surface area (Å²) >= 11 is 0. The molecule has 6 nitrogen and oxygen atoms in total. The van der Waals surface area contributed by atoms with Crippen molar-refractivity contribution in [1.29, 1.82) is 0 Å². The standard InChI is InChI=1S/C19H22N2O4/c1-4-24-16-8-13-7-12(3)25-17(13)9-14(16)10-20-18(22)15-6-5-11(2)21-19(15)23/h5-6,8-9,12H,4,7,10H2,1-3H3,(H,20,22)(H,21,23)/t12-/m1/s1. The lowest BCUT2D eigenvalue weighted by Crippen LogP contribution is -2.29. The first kappa shape index (κ1) is 17.1. The van der Waals surface area contributed by atoms with Gasteiger partial charge in [0.05, 0.1) is 6.61 Å². The first-order valence-corrected chi connectivity index (χ1v) is 8.41. The molecule has 1 aliphatic rings. The molecule has 0 aliphatic carbocycles. The highest BCUT2D eigenvalue weighted by molar-refractivity contribution is 5.93. The number of carbonyl (C=O) groups is 1. The van der Waals surface area contributed by atoms with E-state index >= 15 is 0 Å². The maximum Gasteiger partial charge on any atom is 0.260 e. The lowest BCUT2D eigenvalue weighted by molar-refractivity contribution is 0.0949. The summed E-state index contributed by atoms with van der Waals surface area (Å²) in [6.45, 7) is 6.50. The second-order valence-corrected chi connectivity index (χ2v) is 6.20. The van der Waals surface area contributed by atoms with Crippen molar-refractivity contribution in [3.05, 3.63) is 57.0 Å². The smallest absolute Gasteiger partial charge is 0.260 e. The molecule has 1 aromatic heterocycles. The number of amides is 1. The quantitative estimate of drug-likeness (QED) is 0.874. The zero-order valence-corrected chi connectivity index (χ0v) is 14.6. The van der Waals surface area contributed by atoms with E-state index in [0.717, 1.165) is 29.0 Å². The van der Waals surface area contributed by atoms with Gasteiger partial charge in [-0.05, 0) is 45.0 Å². The van der Waals surface area contributed by atoms with Gasteiger partial charge in [0.15, 0.2) is 0 Å². The molecule has 0 saturated carbocycles. The van der Waals surface area contributed by atoms with Gasteiger partial charge in [-0.3, -0.25) is 9.59 Å². The van der Waals surface area contributed by atoms with E-state index in [1.165, 1.54) is 6.07 Å². The molecule has 0 radical (unpaired) electrons. The highest BCUT2D eigenvalue weighted by atomic mass is 16.5. The Labute approximate surface area is 146 Å². The van der Waals surface area contributed by atoms with E-state index < -0.39 is 11.5 Å². The lowest BCUT2D eigenvalue weighted by atomic mass is 10.1. The average molecular weight is 342 g/mol. The van der Waals surface area contributed by atoms with Crippen LogP contribution in [0.4, 0.5) is 0 Å². The Kier molecular flexibility index (Phi) is 4.79. The van der Waals surface area contributed by atoms with Gasteiger partial charge in [-0.25, -0.2) is 0 Å². The van der Waals surface area contributed by atoms with Crippen molar-refractivity contribution in [2.45, 2.75) is 39.8 Å². The number of hydrogen-bond acceptors (Lipinski definition) is 4. The van der Waals surface area contributed by atoms with E-state index in [0.29, 0.717) is 12.3 Å². The average Bonchev–Trinajstić information content (AvgIpc) is 2.91. The summed E-state index contributed by atoms with van der Waals surface area (Å²) in [5.74, 6) is 1.14. The van der Waals surface area contributed by atoms with Gasteiger partial charge in [0, 0.05) is 29.8 Å². The molecule has 0 fully saturated rings. The molecule has 3 rings (SSSR count). The molecule has 6 heteroatoms. The van der Waals surface area contributed by atoms with Gasteiger partial charge in [-0.15, -0.1) is 0 Å². The topological polar surface area (TPSA) is 80.4 Å². The SMILES string of the molecule is CCOc1cc2c(cc1CNC(=O)c1ccc(C)[nH]c1=O)O[C@H](C)C2. The van der Waals surface area contributed by atoms with Crippen molar-refractivity contribution in [2.24, 2.45) is 0 Å². The summed E-state index contributed by atoms with van der Waals surface area (Å²) in [6.07, 6.45) is 0.987. The van der Waals surface area contributed by atoms with Crippen LogP contribution in [0.2, 0.25) is 0 Å². The minimum Gasteiger partial charge on any atom is -0.494 e. The van der Waals surface area contributed by atoms with E-state index in [-0.39, 0.29) is 18.2 Å². The Morgan fingerprint density at radius 3 is 2.92 bits per heavy atom.